The second-order valence-electron chi connectivity index (χ2n) is 5.14. The van der Waals surface area contributed by atoms with Crippen LogP contribution >= 0.6 is 0 Å². The molecule has 1 N–H and O–H groups in total. The lowest BCUT2D eigenvalue weighted by Gasteiger charge is -2.08. The number of hydrogen-bond donors (Lipinski definition) is 1. The highest BCUT2D eigenvalue weighted by Crippen LogP contribution is 2.18. The molecule has 1 amide bonds. The van der Waals surface area contributed by atoms with Crippen molar-refractivity contribution in [1.82, 2.24) is 4.72 Å². The summed E-state index contributed by atoms with van der Waals surface area (Å²) in [5.74, 6) is -1.19. The highest BCUT2D eigenvalue weighted by molar-refractivity contribution is 7.90. The third kappa shape index (κ3) is 4.78. The van der Waals surface area contributed by atoms with E-state index in [1.807, 2.05) is 10.8 Å². The predicted molar refractivity (Wildman–Crippen MR) is 87.8 cm³/mol. The molecule has 2 aromatic rings. The van der Waals surface area contributed by atoms with Gasteiger partial charge in [-0.2, -0.15) is 5.26 Å². The minimum atomic E-state index is -4.06. The Labute approximate surface area is 144 Å². The van der Waals surface area contributed by atoms with Gasteiger partial charge in [0.15, 0.2) is 11.6 Å². The number of rotatable bonds is 6. The second-order valence-corrected chi connectivity index (χ2v) is 6.82. The summed E-state index contributed by atoms with van der Waals surface area (Å²) in [6.45, 7) is 0. The Balaban J connectivity index is 2.02. The summed E-state index contributed by atoms with van der Waals surface area (Å²) in [6, 6.07) is 11.4. The van der Waals surface area contributed by atoms with Crippen LogP contribution in [0, 0.1) is 17.1 Å². The van der Waals surface area contributed by atoms with Crippen molar-refractivity contribution in [2.24, 2.45) is 0 Å². The third-order valence-corrected chi connectivity index (χ3v) is 4.75. The van der Waals surface area contributed by atoms with E-state index in [2.05, 4.69) is 0 Å². The van der Waals surface area contributed by atoms with Gasteiger partial charge in [-0.15, -0.1) is 0 Å². The summed E-state index contributed by atoms with van der Waals surface area (Å²) in [6.07, 6.45) is 0.0312. The van der Waals surface area contributed by atoms with E-state index < -0.39 is 21.7 Å². The summed E-state index contributed by atoms with van der Waals surface area (Å²) >= 11 is 0. The molecule has 2 aromatic carbocycles. The molecule has 8 heteroatoms. The van der Waals surface area contributed by atoms with E-state index >= 15 is 0 Å². The molecule has 0 spiro atoms. The second kappa shape index (κ2) is 7.77. The first-order valence-corrected chi connectivity index (χ1v) is 8.72. The number of aryl methyl sites for hydroxylation is 1. The standard InChI is InChI=1S/C17H15FN2O4S/c1-24-16-7-5-12(10-15(16)18)6-8-17(21)20-25(22,23)14-4-2-3-13(9-14)11-19/h2-5,7,9-10H,6,8H2,1H3,(H,20,21). The summed E-state index contributed by atoms with van der Waals surface area (Å²) in [5.41, 5.74) is 0.710. The minimum Gasteiger partial charge on any atom is -0.494 e. The number of ether oxygens (including phenoxy) is 1. The Morgan fingerprint density at radius 2 is 2.04 bits per heavy atom. The van der Waals surface area contributed by atoms with Crippen LogP contribution in [0.3, 0.4) is 0 Å². The van der Waals surface area contributed by atoms with Crippen LogP contribution in [0.25, 0.3) is 0 Å². The highest BCUT2D eigenvalue weighted by atomic mass is 32.2. The van der Waals surface area contributed by atoms with Gasteiger partial charge in [0.25, 0.3) is 10.0 Å². The Hall–Kier alpha value is -2.92. The van der Waals surface area contributed by atoms with Crippen molar-refractivity contribution in [3.05, 3.63) is 59.4 Å². The molecule has 0 saturated carbocycles. The molecule has 0 heterocycles. The molecule has 2 rings (SSSR count). The summed E-state index contributed by atoms with van der Waals surface area (Å²) in [4.78, 5) is 11.7. The molecule has 0 aliphatic heterocycles. The Kier molecular flexibility index (Phi) is 5.72. The van der Waals surface area contributed by atoms with E-state index in [9.17, 15) is 17.6 Å². The third-order valence-electron chi connectivity index (χ3n) is 3.38. The van der Waals surface area contributed by atoms with Crippen LogP contribution in [0.15, 0.2) is 47.4 Å². The number of nitrogens with zero attached hydrogens (tertiary/aromatic N) is 1. The molecular weight excluding hydrogens is 347 g/mol. The van der Waals surface area contributed by atoms with Gasteiger partial charge in [-0.05, 0) is 42.3 Å². The van der Waals surface area contributed by atoms with Gasteiger partial charge in [-0.25, -0.2) is 17.5 Å². The molecule has 0 aliphatic rings. The molecule has 0 radical (unpaired) electrons. The van der Waals surface area contributed by atoms with Gasteiger partial charge in [0.05, 0.1) is 23.6 Å². The maximum Gasteiger partial charge on any atom is 0.264 e. The topological polar surface area (TPSA) is 96.3 Å². The fourth-order valence-corrected chi connectivity index (χ4v) is 3.18. The number of methoxy groups -OCH3 is 1. The van der Waals surface area contributed by atoms with Crippen molar-refractivity contribution in [3.8, 4) is 11.8 Å². The molecule has 0 aliphatic carbocycles. The van der Waals surface area contributed by atoms with E-state index in [1.165, 1.54) is 43.5 Å². The van der Waals surface area contributed by atoms with E-state index in [4.69, 9.17) is 10.00 Å². The molecule has 0 bridgehead atoms. The largest absolute Gasteiger partial charge is 0.494 e. The van der Waals surface area contributed by atoms with E-state index in [0.717, 1.165) is 0 Å². The van der Waals surface area contributed by atoms with Crippen LogP contribution in [0.1, 0.15) is 17.5 Å². The van der Waals surface area contributed by atoms with Gasteiger partial charge in [0.2, 0.25) is 5.91 Å². The van der Waals surface area contributed by atoms with Crippen molar-refractivity contribution in [1.29, 1.82) is 5.26 Å². The first-order valence-electron chi connectivity index (χ1n) is 7.24. The zero-order valence-electron chi connectivity index (χ0n) is 13.3. The maximum absolute atomic E-state index is 13.6. The number of nitriles is 1. The average molecular weight is 362 g/mol. The number of sulfonamides is 1. The van der Waals surface area contributed by atoms with Gasteiger partial charge in [-0.1, -0.05) is 12.1 Å². The van der Waals surface area contributed by atoms with Crippen LogP contribution in [-0.2, 0) is 21.2 Å². The molecule has 25 heavy (non-hydrogen) atoms. The zero-order valence-corrected chi connectivity index (χ0v) is 14.1. The number of nitrogens with one attached hydrogen (secondary N) is 1. The number of carbonyl (C=O) groups is 1. The van der Waals surface area contributed by atoms with Crippen LogP contribution in [0.2, 0.25) is 0 Å². The molecule has 6 nitrogen and oxygen atoms in total. The summed E-state index contributed by atoms with van der Waals surface area (Å²) in [5, 5.41) is 8.81. The number of halogens is 1. The predicted octanol–water partition coefficient (Wildman–Crippen LogP) is 2.14. The average Bonchev–Trinajstić information content (AvgIpc) is 2.59. The quantitative estimate of drug-likeness (QED) is 0.849. The van der Waals surface area contributed by atoms with Gasteiger partial charge in [0.1, 0.15) is 0 Å². The molecule has 0 fully saturated rings. The van der Waals surface area contributed by atoms with E-state index in [0.29, 0.717) is 5.56 Å². The van der Waals surface area contributed by atoms with Gasteiger partial charge >= 0.3 is 0 Å². The highest BCUT2D eigenvalue weighted by Gasteiger charge is 2.18. The van der Waals surface area contributed by atoms with E-state index in [1.54, 1.807) is 6.07 Å². The lowest BCUT2D eigenvalue weighted by Crippen LogP contribution is -2.30. The van der Waals surface area contributed by atoms with Crippen molar-refractivity contribution in [3.63, 3.8) is 0 Å². The van der Waals surface area contributed by atoms with Crippen molar-refractivity contribution in [2.45, 2.75) is 17.7 Å². The van der Waals surface area contributed by atoms with Crippen molar-refractivity contribution in [2.75, 3.05) is 7.11 Å². The number of carbonyl (C=O) groups excluding carboxylic acids is 1. The summed E-state index contributed by atoms with van der Waals surface area (Å²) in [7, 11) is -2.72. The van der Waals surface area contributed by atoms with Crippen LogP contribution in [-0.4, -0.2) is 21.4 Å². The Bertz CT molecular complexity index is 936. The Morgan fingerprint density at radius 3 is 2.68 bits per heavy atom. The molecule has 130 valence electrons. The number of hydrogen-bond acceptors (Lipinski definition) is 5. The van der Waals surface area contributed by atoms with Crippen LogP contribution < -0.4 is 9.46 Å². The molecule has 0 saturated heterocycles. The number of amides is 1. The molecule has 0 aromatic heterocycles. The smallest absolute Gasteiger partial charge is 0.264 e. The zero-order chi connectivity index (χ0) is 18.4. The monoisotopic (exact) mass is 362 g/mol. The maximum atomic E-state index is 13.6. The fraction of sp³-hybridized carbons (Fsp3) is 0.176. The first-order chi connectivity index (χ1) is 11.9. The van der Waals surface area contributed by atoms with Gasteiger partial charge in [0, 0.05) is 6.42 Å². The lowest BCUT2D eigenvalue weighted by molar-refractivity contribution is -0.119. The Morgan fingerprint density at radius 1 is 1.28 bits per heavy atom. The normalized spacial score (nSPS) is 10.8. The van der Waals surface area contributed by atoms with E-state index in [-0.39, 0.29) is 29.1 Å². The SMILES string of the molecule is COc1ccc(CCC(=O)NS(=O)(=O)c2cccc(C#N)c2)cc1F. The van der Waals surface area contributed by atoms with Gasteiger partial charge < -0.3 is 4.74 Å². The number of benzene rings is 2. The van der Waals surface area contributed by atoms with Crippen molar-refractivity contribution >= 4 is 15.9 Å². The van der Waals surface area contributed by atoms with Crippen molar-refractivity contribution < 1.29 is 22.3 Å². The molecular formula is C17H15FN2O4S. The molecule has 0 atom stereocenters. The lowest BCUT2D eigenvalue weighted by atomic mass is 10.1. The van der Waals surface area contributed by atoms with Crippen LogP contribution in [0.4, 0.5) is 4.39 Å². The summed E-state index contributed by atoms with van der Waals surface area (Å²) < 4.78 is 44.6. The van der Waals surface area contributed by atoms with Gasteiger partial charge in [-0.3, -0.25) is 4.79 Å². The first kappa shape index (κ1) is 18.4. The van der Waals surface area contributed by atoms with Crippen LogP contribution in [0.5, 0.6) is 5.75 Å². The minimum absolute atomic E-state index is 0.0909. The fourth-order valence-electron chi connectivity index (χ4n) is 2.12. The molecule has 0 unspecified atom stereocenters.